The third-order valence-corrected chi connectivity index (χ3v) is 5.19. The van der Waals surface area contributed by atoms with Gasteiger partial charge in [0.05, 0.1) is 10.4 Å². The number of carbonyl (C=O) groups is 1. The number of benzene rings is 2. The summed E-state index contributed by atoms with van der Waals surface area (Å²) in [6, 6.07) is 9.45. The maximum atomic E-state index is 12.2. The quantitative estimate of drug-likeness (QED) is 0.653. The summed E-state index contributed by atoms with van der Waals surface area (Å²) >= 11 is 0. The number of hydrogen-bond acceptors (Lipinski definition) is 4. The van der Waals surface area contributed by atoms with Gasteiger partial charge < -0.3 is 10.6 Å². The normalized spacial score (nSPS) is 11.5. The van der Waals surface area contributed by atoms with Gasteiger partial charge in [0.25, 0.3) is 0 Å². The van der Waals surface area contributed by atoms with Crippen molar-refractivity contribution >= 4 is 38.3 Å². The van der Waals surface area contributed by atoms with E-state index in [1.165, 1.54) is 6.07 Å². The van der Waals surface area contributed by atoms with Crippen molar-refractivity contribution in [3.05, 3.63) is 47.7 Å². The molecule has 0 aliphatic heterocycles. The minimum atomic E-state index is -3.86. The number of nitrogens with one attached hydrogen (secondary N) is 2. The molecule has 0 unspecified atom stereocenters. The Bertz CT molecular complexity index is 1120. The average Bonchev–Trinajstić information content (AvgIpc) is 2.82. The van der Waals surface area contributed by atoms with Gasteiger partial charge in [-0.3, -0.25) is 4.68 Å². The molecule has 1 heterocycles. The van der Waals surface area contributed by atoms with Gasteiger partial charge in [0.1, 0.15) is 0 Å². The third-order valence-electron chi connectivity index (χ3n) is 4.14. The number of sulfonamides is 1. The molecule has 0 radical (unpaired) electrons. The van der Waals surface area contributed by atoms with E-state index in [0.717, 1.165) is 16.6 Å². The highest BCUT2D eigenvalue weighted by Crippen LogP contribution is 2.22. The molecular weight excluding hydrogens is 354 g/mol. The van der Waals surface area contributed by atoms with Crippen LogP contribution < -0.4 is 15.8 Å². The predicted octanol–water partition coefficient (Wildman–Crippen LogP) is 2.48. The Balaban J connectivity index is 1.79. The number of carbonyl (C=O) groups excluding carboxylic acids is 1. The van der Waals surface area contributed by atoms with E-state index in [0.29, 0.717) is 16.9 Å². The smallest absolute Gasteiger partial charge is 0.308 e. The van der Waals surface area contributed by atoms with E-state index in [4.69, 9.17) is 5.14 Å². The summed E-state index contributed by atoms with van der Waals surface area (Å²) in [6.45, 7) is 3.60. The largest absolute Gasteiger partial charge is 0.323 e. The summed E-state index contributed by atoms with van der Waals surface area (Å²) in [6.07, 6.45) is 0. The van der Waals surface area contributed by atoms with E-state index < -0.39 is 16.1 Å². The van der Waals surface area contributed by atoms with Gasteiger partial charge >= 0.3 is 6.03 Å². The zero-order chi connectivity index (χ0) is 19.1. The Morgan fingerprint density at radius 1 is 1.08 bits per heavy atom. The first-order chi connectivity index (χ1) is 12.1. The van der Waals surface area contributed by atoms with E-state index in [2.05, 4.69) is 15.7 Å². The molecule has 0 aliphatic rings. The number of hydrogen-bond donors (Lipinski definition) is 3. The lowest BCUT2D eigenvalue weighted by Gasteiger charge is -2.10. The maximum Gasteiger partial charge on any atom is 0.323 e. The first kappa shape index (κ1) is 17.9. The average molecular weight is 373 g/mol. The van der Waals surface area contributed by atoms with Crippen LogP contribution in [0, 0.1) is 13.8 Å². The van der Waals surface area contributed by atoms with E-state index in [9.17, 15) is 13.2 Å². The molecular formula is C17H19N5O3S. The van der Waals surface area contributed by atoms with Crippen molar-refractivity contribution in [2.75, 3.05) is 10.6 Å². The lowest BCUT2D eigenvalue weighted by atomic mass is 10.2. The van der Waals surface area contributed by atoms with Crippen molar-refractivity contribution < 1.29 is 13.2 Å². The number of fused-ring (bicyclic) bond motifs is 1. The van der Waals surface area contributed by atoms with Crippen molar-refractivity contribution in [2.24, 2.45) is 12.2 Å². The first-order valence-electron chi connectivity index (χ1n) is 7.80. The minimum Gasteiger partial charge on any atom is -0.308 e. The zero-order valence-corrected chi connectivity index (χ0v) is 15.4. The monoisotopic (exact) mass is 373 g/mol. The Morgan fingerprint density at radius 3 is 2.35 bits per heavy atom. The second kappa shape index (κ2) is 6.43. The molecule has 8 nitrogen and oxygen atoms in total. The van der Waals surface area contributed by atoms with Crippen LogP contribution in [-0.2, 0) is 17.1 Å². The van der Waals surface area contributed by atoms with Crippen molar-refractivity contribution in [3.8, 4) is 0 Å². The van der Waals surface area contributed by atoms with Crippen LogP contribution >= 0.6 is 0 Å². The van der Waals surface area contributed by atoms with Crippen molar-refractivity contribution in [2.45, 2.75) is 18.7 Å². The molecule has 0 saturated carbocycles. The molecule has 4 N–H and O–H groups in total. The molecule has 0 bridgehead atoms. The molecule has 3 aromatic rings. The Kier molecular flexibility index (Phi) is 4.43. The maximum absolute atomic E-state index is 12.2. The van der Waals surface area contributed by atoms with E-state index in [1.807, 2.05) is 20.0 Å². The van der Waals surface area contributed by atoms with Gasteiger partial charge in [-0.15, -0.1) is 0 Å². The third kappa shape index (κ3) is 3.53. The molecule has 0 aliphatic carbocycles. The van der Waals surface area contributed by atoms with Gasteiger partial charge in [0, 0.05) is 29.5 Å². The van der Waals surface area contributed by atoms with Crippen LogP contribution in [0.4, 0.5) is 16.2 Å². The van der Waals surface area contributed by atoms with Gasteiger partial charge in [-0.05, 0) is 49.7 Å². The second-order valence-electron chi connectivity index (χ2n) is 6.05. The molecule has 0 saturated heterocycles. The number of aromatic nitrogens is 2. The van der Waals surface area contributed by atoms with Crippen LogP contribution in [0.5, 0.6) is 0 Å². The summed E-state index contributed by atoms with van der Waals surface area (Å²) in [5.74, 6) is 0. The van der Waals surface area contributed by atoms with Crippen molar-refractivity contribution in [1.29, 1.82) is 0 Å². The van der Waals surface area contributed by atoms with Crippen LogP contribution in [-0.4, -0.2) is 24.2 Å². The summed E-state index contributed by atoms with van der Waals surface area (Å²) in [5, 5.41) is 15.9. The molecule has 136 valence electrons. The number of nitrogens with two attached hydrogens (primary N) is 1. The fourth-order valence-corrected chi connectivity index (χ4v) is 3.49. The van der Waals surface area contributed by atoms with Crippen LogP contribution in [0.15, 0.2) is 41.3 Å². The van der Waals surface area contributed by atoms with Gasteiger partial charge in [-0.25, -0.2) is 18.4 Å². The fourth-order valence-electron chi connectivity index (χ4n) is 2.69. The molecule has 26 heavy (non-hydrogen) atoms. The Morgan fingerprint density at radius 2 is 1.69 bits per heavy atom. The standard InChI is InChI=1S/C17H19N5O3S/c1-10-4-5-13(9-16(10)26(18,24)25)20-17(23)19-12-6-7-14-11(2)22(3)21-15(14)8-12/h4-9H,1-3H3,(H2,18,24,25)(H2,19,20,23). The number of primary sulfonamides is 1. The summed E-state index contributed by atoms with van der Waals surface area (Å²) in [7, 11) is -2.00. The summed E-state index contributed by atoms with van der Waals surface area (Å²) < 4.78 is 24.9. The number of rotatable bonds is 3. The fraction of sp³-hybridized carbons (Fsp3) is 0.176. The Hall–Kier alpha value is -2.91. The van der Waals surface area contributed by atoms with Crippen molar-refractivity contribution in [3.63, 3.8) is 0 Å². The van der Waals surface area contributed by atoms with Gasteiger partial charge in [-0.2, -0.15) is 5.10 Å². The van der Waals surface area contributed by atoms with E-state index in [1.54, 1.807) is 35.9 Å². The topological polar surface area (TPSA) is 119 Å². The lowest BCUT2D eigenvalue weighted by Crippen LogP contribution is -2.20. The number of nitrogens with zero attached hydrogens (tertiary/aromatic N) is 2. The first-order valence-corrected chi connectivity index (χ1v) is 9.34. The molecule has 0 atom stereocenters. The summed E-state index contributed by atoms with van der Waals surface area (Å²) in [5.41, 5.74) is 3.22. The van der Waals surface area contributed by atoms with E-state index in [-0.39, 0.29) is 4.90 Å². The highest BCUT2D eigenvalue weighted by molar-refractivity contribution is 7.89. The highest BCUT2D eigenvalue weighted by atomic mass is 32.2. The van der Waals surface area contributed by atoms with Crippen LogP contribution in [0.1, 0.15) is 11.3 Å². The predicted molar refractivity (Wildman–Crippen MR) is 101 cm³/mol. The zero-order valence-electron chi connectivity index (χ0n) is 14.6. The molecule has 0 spiro atoms. The summed E-state index contributed by atoms with van der Waals surface area (Å²) in [4.78, 5) is 12.2. The minimum absolute atomic E-state index is 0.0271. The van der Waals surface area contributed by atoms with Crippen LogP contribution in [0.25, 0.3) is 10.9 Å². The second-order valence-corrected chi connectivity index (χ2v) is 7.58. The van der Waals surface area contributed by atoms with Gasteiger partial charge in [0.15, 0.2) is 0 Å². The molecule has 0 fully saturated rings. The SMILES string of the molecule is Cc1ccc(NC(=O)Nc2ccc3c(C)n(C)nc3c2)cc1S(N)(=O)=O. The van der Waals surface area contributed by atoms with Gasteiger partial charge in [0.2, 0.25) is 10.0 Å². The van der Waals surface area contributed by atoms with Crippen molar-refractivity contribution in [1.82, 2.24) is 9.78 Å². The van der Waals surface area contributed by atoms with Crippen LogP contribution in [0.2, 0.25) is 0 Å². The number of amides is 2. The molecule has 1 aromatic heterocycles. The molecule has 9 heteroatoms. The lowest BCUT2D eigenvalue weighted by molar-refractivity contribution is 0.262. The molecule has 3 rings (SSSR count). The van der Waals surface area contributed by atoms with Gasteiger partial charge in [-0.1, -0.05) is 6.07 Å². The van der Waals surface area contributed by atoms with Crippen LogP contribution in [0.3, 0.4) is 0 Å². The number of anilines is 2. The number of aryl methyl sites for hydroxylation is 3. The Labute approximate surface area is 151 Å². The van der Waals surface area contributed by atoms with E-state index >= 15 is 0 Å². The highest BCUT2D eigenvalue weighted by Gasteiger charge is 2.13. The molecule has 2 aromatic carbocycles. The molecule has 2 amide bonds. The number of urea groups is 1.